The van der Waals surface area contributed by atoms with E-state index in [4.69, 9.17) is 5.14 Å². The number of nitrogens with one attached hydrogen (secondary N) is 1. The lowest BCUT2D eigenvalue weighted by Crippen LogP contribution is -2.32. The van der Waals surface area contributed by atoms with Crippen molar-refractivity contribution in [1.29, 1.82) is 0 Å². The SMILES string of the molecule is CN1C(=O)CC(Nc2ccc(S(N)(=O)=O)cc2F)C1=O. The van der Waals surface area contributed by atoms with Gasteiger partial charge in [-0.15, -0.1) is 0 Å². The number of sulfonamides is 1. The van der Waals surface area contributed by atoms with Crippen molar-refractivity contribution in [2.45, 2.75) is 17.4 Å². The van der Waals surface area contributed by atoms with Crippen LogP contribution < -0.4 is 10.5 Å². The zero-order chi connectivity index (χ0) is 15.1. The van der Waals surface area contributed by atoms with Crippen LogP contribution in [0.15, 0.2) is 23.1 Å². The molecule has 7 nitrogen and oxygen atoms in total. The molecule has 9 heteroatoms. The van der Waals surface area contributed by atoms with Crippen LogP contribution >= 0.6 is 0 Å². The Balaban J connectivity index is 2.24. The number of nitrogens with two attached hydrogens (primary N) is 1. The van der Waals surface area contributed by atoms with Gasteiger partial charge in [0.2, 0.25) is 15.9 Å². The highest BCUT2D eigenvalue weighted by atomic mass is 32.2. The van der Waals surface area contributed by atoms with Gasteiger partial charge >= 0.3 is 0 Å². The minimum absolute atomic E-state index is 0.0705. The van der Waals surface area contributed by atoms with Crippen LogP contribution in [-0.4, -0.2) is 38.2 Å². The second-order valence-electron chi connectivity index (χ2n) is 4.38. The number of halogens is 1. The minimum Gasteiger partial charge on any atom is -0.371 e. The number of hydrogen-bond acceptors (Lipinski definition) is 5. The zero-order valence-corrected chi connectivity index (χ0v) is 11.3. The van der Waals surface area contributed by atoms with Gasteiger partial charge in [0.15, 0.2) is 0 Å². The topological polar surface area (TPSA) is 110 Å². The van der Waals surface area contributed by atoms with Gasteiger partial charge in [0, 0.05) is 7.05 Å². The number of likely N-dealkylation sites (tertiary alicyclic amines) is 1. The van der Waals surface area contributed by atoms with Gasteiger partial charge in [0.05, 0.1) is 17.0 Å². The van der Waals surface area contributed by atoms with Crippen molar-refractivity contribution in [2.75, 3.05) is 12.4 Å². The third-order valence-corrected chi connectivity index (χ3v) is 3.89. The second kappa shape index (κ2) is 4.84. The highest BCUT2D eigenvalue weighted by Gasteiger charge is 2.36. The summed E-state index contributed by atoms with van der Waals surface area (Å²) in [5.74, 6) is -1.70. The normalized spacial score (nSPS) is 19.6. The van der Waals surface area contributed by atoms with E-state index >= 15 is 0 Å². The van der Waals surface area contributed by atoms with E-state index in [0.717, 1.165) is 23.1 Å². The minimum atomic E-state index is -3.99. The number of benzene rings is 1. The van der Waals surface area contributed by atoms with Crippen molar-refractivity contribution in [1.82, 2.24) is 4.90 Å². The van der Waals surface area contributed by atoms with Crippen molar-refractivity contribution in [3.8, 4) is 0 Å². The third-order valence-electron chi connectivity index (χ3n) is 2.98. The Morgan fingerprint density at radius 3 is 2.50 bits per heavy atom. The summed E-state index contributed by atoms with van der Waals surface area (Å²) >= 11 is 0. The van der Waals surface area contributed by atoms with Crippen molar-refractivity contribution in [3.05, 3.63) is 24.0 Å². The average Bonchev–Trinajstić information content (AvgIpc) is 2.58. The maximum atomic E-state index is 13.8. The van der Waals surface area contributed by atoms with Crippen LogP contribution in [-0.2, 0) is 19.6 Å². The molecule has 0 spiro atoms. The Kier molecular flexibility index (Phi) is 3.48. The highest BCUT2D eigenvalue weighted by Crippen LogP contribution is 2.22. The number of carbonyl (C=O) groups excluding carboxylic acids is 2. The van der Waals surface area contributed by atoms with E-state index in [9.17, 15) is 22.4 Å². The zero-order valence-electron chi connectivity index (χ0n) is 10.5. The quantitative estimate of drug-likeness (QED) is 0.741. The number of carbonyl (C=O) groups is 2. The molecule has 108 valence electrons. The first kappa shape index (κ1) is 14.4. The van der Waals surface area contributed by atoms with Crippen LogP contribution in [0.25, 0.3) is 0 Å². The van der Waals surface area contributed by atoms with E-state index in [-0.39, 0.29) is 22.9 Å². The standard InChI is InChI=1S/C11H12FN3O4S/c1-15-10(16)5-9(11(15)17)14-8-3-2-6(4-7(8)12)20(13,18)19/h2-4,9,14H,5H2,1H3,(H2,13,18,19). The first-order valence-electron chi connectivity index (χ1n) is 5.59. The number of amides is 2. The van der Waals surface area contributed by atoms with E-state index in [1.807, 2.05) is 0 Å². The van der Waals surface area contributed by atoms with Crippen LogP contribution in [0.2, 0.25) is 0 Å². The molecule has 2 rings (SSSR count). The molecule has 1 atom stereocenters. The molecule has 1 unspecified atom stereocenters. The molecule has 1 fully saturated rings. The van der Waals surface area contributed by atoms with Crippen LogP contribution in [0.5, 0.6) is 0 Å². The van der Waals surface area contributed by atoms with Gasteiger partial charge in [0.25, 0.3) is 5.91 Å². The Labute approximate surface area is 114 Å². The van der Waals surface area contributed by atoms with E-state index in [2.05, 4.69) is 5.32 Å². The van der Waals surface area contributed by atoms with Crippen molar-refractivity contribution in [3.63, 3.8) is 0 Å². The fourth-order valence-electron chi connectivity index (χ4n) is 1.85. The molecule has 1 saturated heterocycles. The first-order chi connectivity index (χ1) is 9.20. The summed E-state index contributed by atoms with van der Waals surface area (Å²) in [6.45, 7) is 0. The van der Waals surface area contributed by atoms with Gasteiger partial charge in [-0.1, -0.05) is 0 Å². The summed E-state index contributed by atoms with van der Waals surface area (Å²) in [5, 5.41) is 7.45. The number of primary sulfonamides is 1. The number of hydrogen-bond donors (Lipinski definition) is 2. The van der Waals surface area contributed by atoms with E-state index in [1.165, 1.54) is 7.05 Å². The monoisotopic (exact) mass is 301 g/mol. The molecule has 1 aliphatic rings. The molecule has 0 bridgehead atoms. The van der Waals surface area contributed by atoms with Crippen LogP contribution in [0, 0.1) is 5.82 Å². The van der Waals surface area contributed by atoms with Crippen molar-refractivity contribution in [2.24, 2.45) is 5.14 Å². The van der Waals surface area contributed by atoms with E-state index in [1.54, 1.807) is 0 Å². The number of anilines is 1. The molecule has 3 N–H and O–H groups in total. The molecule has 1 aliphatic heterocycles. The smallest absolute Gasteiger partial charge is 0.251 e. The molecule has 0 saturated carbocycles. The number of rotatable bonds is 3. The summed E-state index contributed by atoms with van der Waals surface area (Å²) in [4.78, 5) is 23.6. The Hall–Kier alpha value is -2.00. The summed E-state index contributed by atoms with van der Waals surface area (Å²) < 4.78 is 35.9. The Morgan fingerprint density at radius 1 is 1.40 bits per heavy atom. The Morgan fingerprint density at radius 2 is 2.05 bits per heavy atom. The van der Waals surface area contributed by atoms with Crippen LogP contribution in [0.3, 0.4) is 0 Å². The molecular formula is C11H12FN3O4S. The van der Waals surface area contributed by atoms with Crippen molar-refractivity contribution < 1.29 is 22.4 Å². The predicted molar refractivity (Wildman–Crippen MR) is 67.6 cm³/mol. The fraction of sp³-hybridized carbons (Fsp3) is 0.273. The lowest BCUT2D eigenvalue weighted by atomic mass is 10.2. The fourth-order valence-corrected chi connectivity index (χ4v) is 2.37. The molecule has 1 heterocycles. The second-order valence-corrected chi connectivity index (χ2v) is 5.94. The number of nitrogens with zero attached hydrogens (tertiary/aromatic N) is 1. The Bertz CT molecular complexity index is 689. The van der Waals surface area contributed by atoms with Crippen LogP contribution in [0.4, 0.5) is 10.1 Å². The molecular weight excluding hydrogens is 289 g/mol. The molecule has 1 aromatic carbocycles. The first-order valence-corrected chi connectivity index (χ1v) is 7.14. The van der Waals surface area contributed by atoms with Gasteiger partial charge in [-0.2, -0.15) is 0 Å². The maximum Gasteiger partial charge on any atom is 0.251 e. The summed E-state index contributed by atoms with van der Waals surface area (Å²) in [7, 11) is -2.65. The summed E-state index contributed by atoms with van der Waals surface area (Å²) in [6, 6.07) is 2.17. The van der Waals surface area contributed by atoms with Gasteiger partial charge in [-0.25, -0.2) is 17.9 Å². The summed E-state index contributed by atoms with van der Waals surface area (Å²) in [6.07, 6.45) is -0.0777. The molecule has 0 radical (unpaired) electrons. The third kappa shape index (κ3) is 2.63. The molecule has 0 aliphatic carbocycles. The van der Waals surface area contributed by atoms with E-state index in [0.29, 0.717) is 0 Å². The average molecular weight is 301 g/mol. The lowest BCUT2D eigenvalue weighted by Gasteiger charge is -2.13. The summed E-state index contributed by atoms with van der Waals surface area (Å²) in [5.41, 5.74) is -0.0705. The van der Waals surface area contributed by atoms with Crippen molar-refractivity contribution >= 4 is 27.5 Å². The molecule has 2 amide bonds. The lowest BCUT2D eigenvalue weighted by molar-refractivity contribution is -0.136. The molecule has 0 aromatic heterocycles. The van der Waals surface area contributed by atoms with Gasteiger partial charge in [0.1, 0.15) is 11.9 Å². The largest absolute Gasteiger partial charge is 0.371 e. The van der Waals surface area contributed by atoms with Gasteiger partial charge in [-0.3, -0.25) is 14.5 Å². The predicted octanol–water partition coefficient (Wildman–Crippen LogP) is -0.358. The molecule has 20 heavy (non-hydrogen) atoms. The van der Waals surface area contributed by atoms with Gasteiger partial charge in [-0.05, 0) is 18.2 Å². The highest BCUT2D eigenvalue weighted by molar-refractivity contribution is 7.89. The maximum absolute atomic E-state index is 13.8. The number of likely N-dealkylation sites (N-methyl/N-ethyl adjacent to an activating group) is 1. The van der Waals surface area contributed by atoms with Gasteiger partial charge < -0.3 is 5.32 Å². The van der Waals surface area contributed by atoms with Crippen LogP contribution in [0.1, 0.15) is 6.42 Å². The molecule has 1 aromatic rings. The number of imide groups is 1. The van der Waals surface area contributed by atoms with E-state index < -0.39 is 27.8 Å².